The Kier molecular flexibility index (Phi) is 2.28. The van der Waals surface area contributed by atoms with Gasteiger partial charge in [0.2, 0.25) is 0 Å². The van der Waals surface area contributed by atoms with Crippen molar-refractivity contribution in [2.45, 2.75) is 13.8 Å². The summed E-state index contributed by atoms with van der Waals surface area (Å²) in [6.45, 7) is 3.50. The van der Waals surface area contributed by atoms with E-state index in [0.29, 0.717) is 5.71 Å². The molecule has 16 heavy (non-hydrogen) atoms. The highest BCUT2D eigenvalue weighted by atomic mass is 16.2. The average Bonchev–Trinajstić information content (AvgIpc) is 2.55. The van der Waals surface area contributed by atoms with Crippen LogP contribution in [0.3, 0.4) is 0 Å². The van der Waals surface area contributed by atoms with Gasteiger partial charge in [0.25, 0.3) is 5.91 Å². The van der Waals surface area contributed by atoms with E-state index >= 15 is 0 Å². The minimum absolute atomic E-state index is 0.168. The molecule has 1 aromatic rings. The first kappa shape index (κ1) is 10.4. The average molecular weight is 212 g/mol. The molecule has 0 saturated heterocycles. The molecule has 0 fully saturated rings. The van der Waals surface area contributed by atoms with Crippen molar-refractivity contribution < 1.29 is 4.79 Å². The SMILES string of the molecule is C#CC1(C)C(=O)N(c2ccccc2)N=C1C. The normalized spacial score (nSPS) is 24.2. The number of rotatable bonds is 1. The summed E-state index contributed by atoms with van der Waals surface area (Å²) in [5.74, 6) is 2.35. The topological polar surface area (TPSA) is 32.7 Å². The predicted molar refractivity (Wildman–Crippen MR) is 64.0 cm³/mol. The molecular weight excluding hydrogens is 200 g/mol. The molecule has 0 bridgehead atoms. The van der Waals surface area contributed by atoms with E-state index < -0.39 is 5.41 Å². The summed E-state index contributed by atoms with van der Waals surface area (Å²) >= 11 is 0. The van der Waals surface area contributed by atoms with E-state index in [1.807, 2.05) is 30.3 Å². The number of nitrogens with zero attached hydrogens (tertiary/aromatic N) is 2. The minimum atomic E-state index is -0.907. The van der Waals surface area contributed by atoms with Gasteiger partial charge in [-0.3, -0.25) is 4.79 Å². The molecule has 0 aromatic heterocycles. The largest absolute Gasteiger partial charge is 0.271 e. The van der Waals surface area contributed by atoms with Crippen LogP contribution >= 0.6 is 0 Å². The highest BCUT2D eigenvalue weighted by molar-refractivity contribution is 6.20. The first-order chi connectivity index (χ1) is 7.59. The number of para-hydroxylation sites is 1. The quantitative estimate of drug-likeness (QED) is 0.656. The maximum absolute atomic E-state index is 12.1. The highest BCUT2D eigenvalue weighted by Crippen LogP contribution is 2.31. The van der Waals surface area contributed by atoms with E-state index in [2.05, 4.69) is 11.0 Å². The molecule has 1 atom stereocenters. The van der Waals surface area contributed by atoms with Crippen molar-refractivity contribution >= 4 is 17.3 Å². The molecule has 0 aliphatic carbocycles. The maximum Gasteiger partial charge on any atom is 0.271 e. The molecule has 1 aliphatic rings. The standard InChI is InChI=1S/C13H12N2O/c1-4-13(3)10(2)14-15(12(13)16)11-8-6-5-7-9-11/h1,5-9H,2-3H3. The van der Waals surface area contributed by atoms with Crippen molar-refractivity contribution in [2.24, 2.45) is 10.5 Å². The van der Waals surface area contributed by atoms with Crippen molar-refractivity contribution in [3.63, 3.8) is 0 Å². The third-order valence-electron chi connectivity index (χ3n) is 2.88. The Morgan fingerprint density at radius 2 is 2.00 bits per heavy atom. The summed E-state index contributed by atoms with van der Waals surface area (Å²) in [6.07, 6.45) is 5.41. The molecule has 0 N–H and O–H groups in total. The Hall–Kier alpha value is -2.08. The number of carbonyl (C=O) groups excluding carboxylic acids is 1. The van der Waals surface area contributed by atoms with Gasteiger partial charge in [-0.15, -0.1) is 6.42 Å². The number of anilines is 1. The van der Waals surface area contributed by atoms with Gasteiger partial charge in [-0.1, -0.05) is 24.1 Å². The van der Waals surface area contributed by atoms with Gasteiger partial charge in [0, 0.05) is 0 Å². The molecule has 1 amide bonds. The molecule has 3 nitrogen and oxygen atoms in total. The van der Waals surface area contributed by atoms with Crippen LogP contribution in [0, 0.1) is 17.8 Å². The number of hydrogen-bond donors (Lipinski definition) is 0. The Labute approximate surface area is 94.8 Å². The molecule has 1 unspecified atom stereocenters. The van der Waals surface area contributed by atoms with Crippen LogP contribution in [0.1, 0.15) is 13.8 Å². The Morgan fingerprint density at radius 3 is 2.50 bits per heavy atom. The van der Waals surface area contributed by atoms with Gasteiger partial charge < -0.3 is 0 Å². The second kappa shape index (κ2) is 3.49. The second-order valence-corrected chi connectivity index (χ2v) is 3.91. The summed E-state index contributed by atoms with van der Waals surface area (Å²) in [6, 6.07) is 9.27. The van der Waals surface area contributed by atoms with Gasteiger partial charge >= 0.3 is 0 Å². The van der Waals surface area contributed by atoms with Crippen LogP contribution in [0.2, 0.25) is 0 Å². The number of hydrazone groups is 1. The molecule has 1 aliphatic heterocycles. The lowest BCUT2D eigenvalue weighted by Crippen LogP contribution is -2.35. The first-order valence-electron chi connectivity index (χ1n) is 5.02. The van der Waals surface area contributed by atoms with Gasteiger partial charge in [-0.05, 0) is 26.0 Å². The van der Waals surface area contributed by atoms with Crippen molar-refractivity contribution in [3.05, 3.63) is 30.3 Å². The van der Waals surface area contributed by atoms with Crippen LogP contribution in [0.15, 0.2) is 35.4 Å². The van der Waals surface area contributed by atoms with Crippen LogP contribution in [0.5, 0.6) is 0 Å². The van der Waals surface area contributed by atoms with Gasteiger partial charge in [-0.2, -0.15) is 10.1 Å². The van der Waals surface area contributed by atoms with Crippen LogP contribution in [0.25, 0.3) is 0 Å². The predicted octanol–water partition coefficient (Wildman–Crippen LogP) is 2.05. The molecule has 0 spiro atoms. The van der Waals surface area contributed by atoms with Gasteiger partial charge in [-0.25, -0.2) is 0 Å². The Bertz CT molecular complexity index is 498. The third kappa shape index (κ3) is 1.31. The van der Waals surface area contributed by atoms with Crippen molar-refractivity contribution in [3.8, 4) is 12.3 Å². The van der Waals surface area contributed by atoms with Gasteiger partial charge in [0.05, 0.1) is 11.4 Å². The lowest BCUT2D eigenvalue weighted by atomic mass is 9.87. The van der Waals surface area contributed by atoms with Gasteiger partial charge in [0.15, 0.2) is 0 Å². The zero-order valence-electron chi connectivity index (χ0n) is 9.27. The minimum Gasteiger partial charge on any atom is -0.270 e. The van der Waals surface area contributed by atoms with Crippen molar-refractivity contribution in [1.82, 2.24) is 0 Å². The highest BCUT2D eigenvalue weighted by Gasteiger charge is 2.44. The molecular formula is C13H12N2O. The maximum atomic E-state index is 12.1. The summed E-state index contributed by atoms with van der Waals surface area (Å²) in [5.41, 5.74) is 0.491. The summed E-state index contributed by atoms with van der Waals surface area (Å²) in [7, 11) is 0. The summed E-state index contributed by atoms with van der Waals surface area (Å²) < 4.78 is 0. The molecule has 2 rings (SSSR count). The third-order valence-corrected chi connectivity index (χ3v) is 2.88. The monoisotopic (exact) mass is 212 g/mol. The second-order valence-electron chi connectivity index (χ2n) is 3.91. The van der Waals surface area contributed by atoms with Gasteiger partial charge in [0.1, 0.15) is 5.41 Å². The van der Waals surface area contributed by atoms with Crippen LogP contribution in [-0.2, 0) is 4.79 Å². The van der Waals surface area contributed by atoms with Crippen LogP contribution in [0.4, 0.5) is 5.69 Å². The number of carbonyl (C=O) groups is 1. The van der Waals surface area contributed by atoms with E-state index in [1.54, 1.807) is 13.8 Å². The molecule has 1 heterocycles. The zero-order valence-corrected chi connectivity index (χ0v) is 9.27. The molecule has 1 aromatic carbocycles. The number of amides is 1. The number of hydrogen-bond acceptors (Lipinski definition) is 2. The van der Waals surface area contributed by atoms with Crippen molar-refractivity contribution in [2.75, 3.05) is 5.01 Å². The Morgan fingerprint density at radius 1 is 1.38 bits per heavy atom. The fraction of sp³-hybridized carbons (Fsp3) is 0.231. The van der Waals surface area contributed by atoms with Crippen LogP contribution < -0.4 is 5.01 Å². The fourth-order valence-corrected chi connectivity index (χ4v) is 1.57. The number of benzene rings is 1. The lowest BCUT2D eigenvalue weighted by molar-refractivity contribution is -0.121. The number of terminal acetylenes is 1. The molecule has 0 saturated carbocycles. The van der Waals surface area contributed by atoms with Crippen molar-refractivity contribution in [1.29, 1.82) is 0 Å². The Balaban J connectivity index is 2.44. The summed E-state index contributed by atoms with van der Waals surface area (Å²) in [5, 5.41) is 5.59. The van der Waals surface area contributed by atoms with E-state index in [-0.39, 0.29) is 5.91 Å². The smallest absolute Gasteiger partial charge is 0.270 e. The first-order valence-corrected chi connectivity index (χ1v) is 5.02. The van der Waals surface area contributed by atoms with Crippen LogP contribution in [-0.4, -0.2) is 11.6 Å². The lowest BCUT2D eigenvalue weighted by Gasteiger charge is -2.17. The van der Waals surface area contributed by atoms with E-state index in [0.717, 1.165) is 5.69 Å². The molecule has 0 radical (unpaired) electrons. The van der Waals surface area contributed by atoms with E-state index in [1.165, 1.54) is 5.01 Å². The fourth-order valence-electron chi connectivity index (χ4n) is 1.57. The molecule has 80 valence electrons. The summed E-state index contributed by atoms with van der Waals surface area (Å²) in [4.78, 5) is 12.1. The zero-order chi connectivity index (χ0) is 11.8. The van der Waals surface area contributed by atoms with E-state index in [9.17, 15) is 4.79 Å². The van der Waals surface area contributed by atoms with E-state index in [4.69, 9.17) is 6.42 Å². The molecule has 3 heteroatoms.